The molecule has 1 rings (SSSR count). The average molecular weight is 345 g/mol. The van der Waals surface area contributed by atoms with Crippen LogP contribution in [0.4, 0.5) is 0 Å². The number of aryl methyl sites for hydroxylation is 1. The van der Waals surface area contributed by atoms with E-state index in [1.54, 1.807) is 18.2 Å². The number of hydrogen-bond acceptors (Lipinski definition) is 4. The molecule has 0 radical (unpaired) electrons. The molecule has 1 aromatic rings. The highest BCUT2D eigenvalue weighted by Crippen LogP contribution is 2.21. The number of thiocarbonyl (C=S) groups is 1. The molecule has 122 valence electrons. The molecule has 0 unspecified atom stereocenters. The molecule has 1 amide bonds. The zero-order chi connectivity index (χ0) is 16.5. The van der Waals surface area contributed by atoms with Gasteiger partial charge in [-0.2, -0.15) is 0 Å². The smallest absolute Gasteiger partial charge is 0.276 e. The molecule has 0 atom stereocenters. The average Bonchev–Trinajstić information content (AvgIpc) is 2.43. The van der Waals surface area contributed by atoms with Crippen molar-refractivity contribution in [1.29, 1.82) is 0 Å². The summed E-state index contributed by atoms with van der Waals surface area (Å²) in [5.74, 6) is 0.289. The highest BCUT2D eigenvalue weighted by molar-refractivity contribution is 7.80. The third-order valence-electron chi connectivity index (χ3n) is 2.66. The quantitative estimate of drug-likeness (QED) is 0.530. The summed E-state index contributed by atoms with van der Waals surface area (Å²) in [5.41, 5.74) is 5.95. The number of nitrogens with zero attached hydrogens (tertiary/aromatic N) is 1. The molecular weight excluding hydrogens is 324 g/mol. The maximum absolute atomic E-state index is 11.7. The van der Waals surface area contributed by atoms with E-state index < -0.39 is 0 Å². The summed E-state index contributed by atoms with van der Waals surface area (Å²) in [6.07, 6.45) is 0. The third kappa shape index (κ3) is 7.44. The number of amides is 1. The van der Waals surface area contributed by atoms with Crippen molar-refractivity contribution >= 4 is 34.8 Å². The van der Waals surface area contributed by atoms with Crippen LogP contribution < -0.4 is 20.9 Å². The Morgan fingerprint density at radius 3 is 2.73 bits per heavy atom. The monoisotopic (exact) mass is 344 g/mol. The first-order valence-corrected chi connectivity index (χ1v) is 7.53. The second-order valence-electron chi connectivity index (χ2n) is 4.93. The molecule has 0 saturated heterocycles. The van der Waals surface area contributed by atoms with Gasteiger partial charge >= 0.3 is 0 Å². The van der Waals surface area contributed by atoms with Crippen molar-refractivity contribution in [2.45, 2.75) is 6.92 Å². The molecule has 0 spiro atoms. The Hall–Kier alpha value is -1.57. The van der Waals surface area contributed by atoms with E-state index >= 15 is 0 Å². The Kier molecular flexibility index (Phi) is 7.94. The van der Waals surface area contributed by atoms with Gasteiger partial charge in [0.05, 0.1) is 0 Å². The van der Waals surface area contributed by atoms with Crippen LogP contribution in [0, 0.1) is 6.92 Å². The topological polar surface area (TPSA) is 65.6 Å². The molecule has 0 aliphatic carbocycles. The number of carbonyl (C=O) groups is 1. The third-order valence-corrected chi connectivity index (χ3v) is 3.14. The molecule has 6 nitrogen and oxygen atoms in total. The molecule has 8 heteroatoms. The van der Waals surface area contributed by atoms with E-state index in [-0.39, 0.29) is 12.5 Å². The summed E-state index contributed by atoms with van der Waals surface area (Å²) in [6.45, 7) is 3.28. The van der Waals surface area contributed by atoms with Crippen LogP contribution in [0.1, 0.15) is 5.56 Å². The van der Waals surface area contributed by atoms with Gasteiger partial charge in [-0.15, -0.1) is 0 Å². The number of benzene rings is 1. The molecule has 0 fully saturated rings. The Bertz CT molecular complexity index is 526. The molecule has 0 aromatic heterocycles. The first kappa shape index (κ1) is 18.5. The summed E-state index contributed by atoms with van der Waals surface area (Å²) in [6, 6.07) is 5.21. The van der Waals surface area contributed by atoms with Crippen LogP contribution >= 0.6 is 23.8 Å². The summed E-state index contributed by atoms with van der Waals surface area (Å²) in [5, 5.41) is 3.96. The molecule has 3 N–H and O–H groups in total. The van der Waals surface area contributed by atoms with Gasteiger partial charge in [0.25, 0.3) is 5.91 Å². The molecule has 1 aromatic carbocycles. The Labute approximate surface area is 141 Å². The number of hydrazine groups is 1. The van der Waals surface area contributed by atoms with Crippen LogP contribution in [0.15, 0.2) is 18.2 Å². The van der Waals surface area contributed by atoms with E-state index in [1.165, 1.54) is 0 Å². The van der Waals surface area contributed by atoms with Gasteiger partial charge in [-0.3, -0.25) is 15.6 Å². The first-order chi connectivity index (χ1) is 10.4. The number of likely N-dealkylation sites (N-methyl/N-ethyl adjacent to an activating group) is 1. The number of halogens is 1. The fourth-order valence-corrected chi connectivity index (χ4v) is 1.90. The van der Waals surface area contributed by atoms with Crippen molar-refractivity contribution in [1.82, 2.24) is 21.1 Å². The van der Waals surface area contributed by atoms with Gasteiger partial charge in [0.2, 0.25) is 0 Å². The van der Waals surface area contributed by atoms with Crippen molar-refractivity contribution in [2.75, 3.05) is 33.8 Å². The maximum atomic E-state index is 11.7. The van der Waals surface area contributed by atoms with E-state index in [2.05, 4.69) is 16.2 Å². The van der Waals surface area contributed by atoms with E-state index in [0.29, 0.717) is 22.4 Å². The maximum Gasteiger partial charge on any atom is 0.276 e. The minimum absolute atomic E-state index is 0.115. The molecule has 0 aliphatic rings. The van der Waals surface area contributed by atoms with Crippen LogP contribution in [-0.4, -0.2) is 49.7 Å². The minimum Gasteiger partial charge on any atom is -0.483 e. The molecule has 0 saturated carbocycles. The fraction of sp³-hybridized carbons (Fsp3) is 0.429. The van der Waals surface area contributed by atoms with Crippen LogP contribution in [0.2, 0.25) is 5.02 Å². The number of hydrogen-bond donors (Lipinski definition) is 3. The standard InChI is InChI=1S/C14H21ClN4O2S/c1-10-8-11(15)4-5-12(10)21-9-13(20)17-18-14(22)16-6-7-19(2)3/h4-5,8H,6-7,9H2,1-3H3,(H,17,20)(H2,16,18,22). The summed E-state index contributed by atoms with van der Waals surface area (Å²) in [7, 11) is 3.94. The zero-order valence-electron chi connectivity index (χ0n) is 12.9. The summed E-state index contributed by atoms with van der Waals surface area (Å²) < 4.78 is 5.42. The second-order valence-corrected chi connectivity index (χ2v) is 5.78. The van der Waals surface area contributed by atoms with Gasteiger partial charge in [0.1, 0.15) is 5.75 Å². The van der Waals surface area contributed by atoms with E-state index in [1.807, 2.05) is 25.9 Å². The number of rotatable bonds is 6. The number of ether oxygens (including phenoxy) is 1. The lowest BCUT2D eigenvalue weighted by molar-refractivity contribution is -0.123. The summed E-state index contributed by atoms with van der Waals surface area (Å²) in [4.78, 5) is 13.7. The zero-order valence-corrected chi connectivity index (χ0v) is 14.5. The van der Waals surface area contributed by atoms with Crippen molar-refractivity contribution in [3.8, 4) is 5.75 Å². The fourth-order valence-electron chi connectivity index (χ4n) is 1.52. The summed E-state index contributed by atoms with van der Waals surface area (Å²) >= 11 is 10.9. The predicted molar refractivity (Wildman–Crippen MR) is 92.1 cm³/mol. The highest BCUT2D eigenvalue weighted by Gasteiger charge is 2.05. The van der Waals surface area contributed by atoms with Gasteiger partial charge in [-0.05, 0) is 57.0 Å². The molecule has 22 heavy (non-hydrogen) atoms. The van der Waals surface area contributed by atoms with Crippen molar-refractivity contribution < 1.29 is 9.53 Å². The largest absolute Gasteiger partial charge is 0.483 e. The Morgan fingerprint density at radius 1 is 1.36 bits per heavy atom. The number of nitrogens with one attached hydrogen (secondary N) is 3. The Balaban J connectivity index is 2.24. The lowest BCUT2D eigenvalue weighted by Gasteiger charge is -2.14. The van der Waals surface area contributed by atoms with E-state index in [9.17, 15) is 4.79 Å². The van der Waals surface area contributed by atoms with Crippen LogP contribution in [0.25, 0.3) is 0 Å². The van der Waals surface area contributed by atoms with Crippen LogP contribution in [0.5, 0.6) is 5.75 Å². The minimum atomic E-state index is -0.328. The lowest BCUT2D eigenvalue weighted by atomic mass is 10.2. The van der Waals surface area contributed by atoms with Gasteiger partial charge in [0.15, 0.2) is 11.7 Å². The van der Waals surface area contributed by atoms with Gasteiger partial charge < -0.3 is 15.0 Å². The lowest BCUT2D eigenvalue weighted by Crippen LogP contribution is -2.49. The van der Waals surface area contributed by atoms with Gasteiger partial charge in [0, 0.05) is 18.1 Å². The SMILES string of the molecule is Cc1cc(Cl)ccc1OCC(=O)NNC(=S)NCCN(C)C. The normalized spacial score (nSPS) is 10.2. The van der Waals surface area contributed by atoms with E-state index in [4.69, 9.17) is 28.6 Å². The van der Waals surface area contributed by atoms with Crippen LogP contribution in [-0.2, 0) is 4.79 Å². The molecule has 0 bridgehead atoms. The van der Waals surface area contributed by atoms with Crippen molar-refractivity contribution in [3.05, 3.63) is 28.8 Å². The molecule has 0 aliphatic heterocycles. The van der Waals surface area contributed by atoms with Crippen molar-refractivity contribution in [2.24, 2.45) is 0 Å². The predicted octanol–water partition coefficient (Wildman–Crippen LogP) is 1.08. The van der Waals surface area contributed by atoms with E-state index in [0.717, 1.165) is 12.1 Å². The first-order valence-electron chi connectivity index (χ1n) is 6.75. The number of carbonyl (C=O) groups excluding carboxylic acids is 1. The molecular formula is C14H21ClN4O2S. The van der Waals surface area contributed by atoms with Gasteiger partial charge in [-0.1, -0.05) is 11.6 Å². The van der Waals surface area contributed by atoms with Crippen LogP contribution in [0.3, 0.4) is 0 Å². The highest BCUT2D eigenvalue weighted by atomic mass is 35.5. The van der Waals surface area contributed by atoms with Gasteiger partial charge in [-0.25, -0.2) is 0 Å². The molecule has 0 heterocycles. The van der Waals surface area contributed by atoms with Crippen molar-refractivity contribution in [3.63, 3.8) is 0 Å². The Morgan fingerprint density at radius 2 is 2.09 bits per heavy atom. The second kappa shape index (κ2) is 9.45.